The van der Waals surface area contributed by atoms with Crippen molar-refractivity contribution in [3.05, 3.63) is 47.3 Å². The van der Waals surface area contributed by atoms with Crippen molar-refractivity contribution < 1.29 is 4.74 Å². The first-order chi connectivity index (χ1) is 8.76. The summed E-state index contributed by atoms with van der Waals surface area (Å²) in [6.45, 7) is 3.37. The Morgan fingerprint density at radius 2 is 2.33 bits per heavy atom. The Labute approximate surface area is 106 Å². The largest absolute Gasteiger partial charge is 0.488 e. The third-order valence-corrected chi connectivity index (χ3v) is 3.35. The van der Waals surface area contributed by atoms with E-state index in [2.05, 4.69) is 30.2 Å². The molecule has 1 aromatic heterocycles. The lowest BCUT2D eigenvalue weighted by atomic mass is 10.1. The molecule has 1 unspecified atom stereocenters. The van der Waals surface area contributed by atoms with Crippen LogP contribution in [0.25, 0.3) is 0 Å². The summed E-state index contributed by atoms with van der Waals surface area (Å²) in [6, 6.07) is 8.28. The van der Waals surface area contributed by atoms with Gasteiger partial charge in [-0.1, -0.05) is 17.7 Å². The van der Waals surface area contributed by atoms with Gasteiger partial charge in [-0.15, -0.1) is 0 Å². The van der Waals surface area contributed by atoms with Crippen LogP contribution >= 0.6 is 0 Å². The summed E-state index contributed by atoms with van der Waals surface area (Å²) in [4.78, 5) is 0. The quantitative estimate of drug-likeness (QED) is 0.892. The second-order valence-corrected chi connectivity index (χ2v) is 4.76. The first-order valence-electron chi connectivity index (χ1n) is 6.23. The van der Waals surface area contributed by atoms with Gasteiger partial charge in [-0.25, -0.2) is 0 Å². The van der Waals surface area contributed by atoms with Crippen molar-refractivity contribution in [2.45, 2.75) is 32.5 Å². The number of hydrogen-bond acceptors (Lipinski definition) is 3. The molecule has 0 fully saturated rings. The van der Waals surface area contributed by atoms with E-state index in [4.69, 9.17) is 10.5 Å². The maximum absolute atomic E-state index is 5.93. The molecule has 4 heteroatoms. The van der Waals surface area contributed by atoms with E-state index in [1.807, 2.05) is 10.7 Å². The SMILES string of the molecule is Cc1ccc2c(c1)CC(Cn1nccc1CN)O2. The molecule has 0 saturated carbocycles. The number of hydrogen-bond donors (Lipinski definition) is 1. The summed E-state index contributed by atoms with van der Waals surface area (Å²) in [6.07, 6.45) is 2.89. The van der Waals surface area contributed by atoms with E-state index in [9.17, 15) is 0 Å². The number of ether oxygens (including phenoxy) is 1. The van der Waals surface area contributed by atoms with Gasteiger partial charge in [-0.05, 0) is 24.6 Å². The highest BCUT2D eigenvalue weighted by Crippen LogP contribution is 2.30. The first-order valence-corrected chi connectivity index (χ1v) is 6.23. The minimum atomic E-state index is 0.159. The molecule has 94 valence electrons. The van der Waals surface area contributed by atoms with Crippen LogP contribution in [0.15, 0.2) is 30.5 Å². The van der Waals surface area contributed by atoms with Gasteiger partial charge in [-0.3, -0.25) is 4.68 Å². The van der Waals surface area contributed by atoms with E-state index < -0.39 is 0 Å². The first kappa shape index (κ1) is 11.3. The number of rotatable bonds is 3. The molecule has 0 aliphatic carbocycles. The minimum absolute atomic E-state index is 0.159. The summed E-state index contributed by atoms with van der Waals surface area (Å²) in [7, 11) is 0. The van der Waals surface area contributed by atoms with Crippen molar-refractivity contribution in [2.75, 3.05) is 0 Å². The predicted molar refractivity (Wildman–Crippen MR) is 69.4 cm³/mol. The summed E-state index contributed by atoms with van der Waals surface area (Å²) in [5, 5.41) is 4.29. The zero-order valence-electron chi connectivity index (χ0n) is 10.5. The van der Waals surface area contributed by atoms with Crippen molar-refractivity contribution in [1.29, 1.82) is 0 Å². The molecule has 1 aliphatic rings. The van der Waals surface area contributed by atoms with Gasteiger partial charge in [0.1, 0.15) is 11.9 Å². The number of benzene rings is 1. The van der Waals surface area contributed by atoms with Crippen LogP contribution < -0.4 is 10.5 Å². The molecular formula is C14H17N3O. The van der Waals surface area contributed by atoms with Gasteiger partial charge in [0.2, 0.25) is 0 Å². The molecule has 2 heterocycles. The second kappa shape index (κ2) is 4.46. The molecule has 0 saturated heterocycles. The molecule has 0 bridgehead atoms. The normalized spacial score (nSPS) is 17.6. The Hall–Kier alpha value is -1.81. The standard InChI is InChI=1S/C14H17N3O/c1-10-2-3-14-11(6-10)7-13(18-14)9-17-12(8-15)4-5-16-17/h2-6,13H,7-9,15H2,1H3. The Balaban J connectivity index is 1.75. The molecule has 2 N–H and O–H groups in total. The maximum Gasteiger partial charge on any atom is 0.123 e. The highest BCUT2D eigenvalue weighted by atomic mass is 16.5. The Morgan fingerprint density at radius 3 is 3.17 bits per heavy atom. The molecule has 0 spiro atoms. The van der Waals surface area contributed by atoms with E-state index in [1.54, 1.807) is 6.20 Å². The average molecular weight is 243 g/mol. The fourth-order valence-corrected chi connectivity index (χ4v) is 2.44. The zero-order chi connectivity index (χ0) is 12.5. The van der Waals surface area contributed by atoms with Gasteiger partial charge < -0.3 is 10.5 Å². The number of aryl methyl sites for hydroxylation is 1. The van der Waals surface area contributed by atoms with Crippen LogP contribution in [0.4, 0.5) is 0 Å². The Bertz CT molecular complexity index is 562. The number of nitrogens with two attached hydrogens (primary N) is 1. The molecule has 4 nitrogen and oxygen atoms in total. The molecule has 0 radical (unpaired) electrons. The van der Waals surface area contributed by atoms with Crippen LogP contribution in [0.3, 0.4) is 0 Å². The van der Waals surface area contributed by atoms with Crippen molar-refractivity contribution in [3.8, 4) is 5.75 Å². The van der Waals surface area contributed by atoms with E-state index >= 15 is 0 Å². The molecule has 1 aliphatic heterocycles. The van der Waals surface area contributed by atoms with Crippen molar-refractivity contribution in [2.24, 2.45) is 5.73 Å². The van der Waals surface area contributed by atoms with Gasteiger partial charge in [0, 0.05) is 19.2 Å². The van der Waals surface area contributed by atoms with Gasteiger partial charge in [0.15, 0.2) is 0 Å². The Kier molecular flexibility index (Phi) is 2.80. The summed E-state index contributed by atoms with van der Waals surface area (Å²) in [5.74, 6) is 1.01. The van der Waals surface area contributed by atoms with Crippen LogP contribution in [-0.2, 0) is 19.5 Å². The summed E-state index contributed by atoms with van der Waals surface area (Å²) < 4.78 is 7.87. The van der Waals surface area contributed by atoms with Crippen LogP contribution in [0.2, 0.25) is 0 Å². The molecule has 3 rings (SSSR count). The van der Waals surface area contributed by atoms with Gasteiger partial charge in [-0.2, -0.15) is 5.10 Å². The van der Waals surface area contributed by atoms with Crippen LogP contribution in [0, 0.1) is 6.92 Å². The highest BCUT2D eigenvalue weighted by molar-refractivity contribution is 5.40. The minimum Gasteiger partial charge on any atom is -0.488 e. The van der Waals surface area contributed by atoms with Crippen molar-refractivity contribution in [1.82, 2.24) is 9.78 Å². The van der Waals surface area contributed by atoms with Gasteiger partial charge >= 0.3 is 0 Å². The zero-order valence-corrected chi connectivity index (χ0v) is 10.5. The fraction of sp³-hybridized carbons (Fsp3) is 0.357. The van der Waals surface area contributed by atoms with Crippen molar-refractivity contribution in [3.63, 3.8) is 0 Å². The third kappa shape index (κ3) is 1.99. The number of nitrogens with zero attached hydrogens (tertiary/aromatic N) is 2. The molecular weight excluding hydrogens is 226 g/mol. The maximum atomic E-state index is 5.93. The molecule has 18 heavy (non-hydrogen) atoms. The van der Waals surface area contributed by atoms with Crippen molar-refractivity contribution >= 4 is 0 Å². The van der Waals surface area contributed by atoms with Crippen LogP contribution in [-0.4, -0.2) is 15.9 Å². The lowest BCUT2D eigenvalue weighted by molar-refractivity contribution is 0.201. The fourth-order valence-electron chi connectivity index (χ4n) is 2.44. The average Bonchev–Trinajstić information content (AvgIpc) is 2.94. The lowest BCUT2D eigenvalue weighted by Crippen LogP contribution is -2.23. The smallest absolute Gasteiger partial charge is 0.123 e. The van der Waals surface area contributed by atoms with Crippen LogP contribution in [0.5, 0.6) is 5.75 Å². The summed E-state index contributed by atoms with van der Waals surface area (Å²) >= 11 is 0. The second-order valence-electron chi connectivity index (χ2n) is 4.76. The van der Waals surface area contributed by atoms with Gasteiger partial charge in [0.25, 0.3) is 0 Å². The van der Waals surface area contributed by atoms with E-state index in [1.165, 1.54) is 11.1 Å². The Morgan fingerprint density at radius 1 is 1.44 bits per heavy atom. The summed E-state index contributed by atoms with van der Waals surface area (Å²) in [5.41, 5.74) is 9.29. The molecule has 2 aromatic rings. The molecule has 1 aromatic carbocycles. The van der Waals surface area contributed by atoms with Gasteiger partial charge in [0.05, 0.1) is 12.2 Å². The van der Waals surface area contributed by atoms with Crippen LogP contribution in [0.1, 0.15) is 16.8 Å². The lowest BCUT2D eigenvalue weighted by Gasteiger charge is -2.12. The third-order valence-electron chi connectivity index (χ3n) is 3.35. The van der Waals surface area contributed by atoms with E-state index in [0.717, 1.165) is 24.4 Å². The van der Waals surface area contributed by atoms with E-state index in [-0.39, 0.29) is 6.10 Å². The molecule has 1 atom stereocenters. The monoisotopic (exact) mass is 243 g/mol. The number of aromatic nitrogens is 2. The topological polar surface area (TPSA) is 53.1 Å². The van der Waals surface area contributed by atoms with E-state index in [0.29, 0.717) is 6.54 Å². The molecule has 0 amide bonds. The number of fused-ring (bicyclic) bond motifs is 1. The highest BCUT2D eigenvalue weighted by Gasteiger charge is 2.23. The predicted octanol–water partition coefficient (Wildman–Crippen LogP) is 1.65.